The van der Waals surface area contributed by atoms with Gasteiger partial charge in [-0.25, -0.2) is 4.68 Å². The zero-order valence-electron chi connectivity index (χ0n) is 23.2. The Bertz CT molecular complexity index is 1300. The number of amides is 1. The molecule has 10 heteroatoms. The number of carbonyl (C=O) groups is 1. The lowest BCUT2D eigenvalue weighted by Gasteiger charge is -2.38. The van der Waals surface area contributed by atoms with Crippen molar-refractivity contribution < 1.29 is 24.2 Å². The lowest BCUT2D eigenvalue weighted by molar-refractivity contribution is 0.102. The van der Waals surface area contributed by atoms with Gasteiger partial charge < -0.3 is 24.7 Å². The number of ether oxygens (including phenoxy) is 2. The zero-order valence-corrected chi connectivity index (χ0v) is 25.0. The molecule has 4 rings (SSSR count). The van der Waals surface area contributed by atoms with Gasteiger partial charge in [0, 0.05) is 23.0 Å². The third kappa shape index (κ3) is 7.02. The van der Waals surface area contributed by atoms with Gasteiger partial charge in [0.15, 0.2) is 19.8 Å². The second kappa shape index (κ2) is 11.7. The standard InChI is InChI=1S/C29H38ClN3O5Si/c1-29(2,39(4,5)36)15-20(19-6-7-19)18-38-26-13-10-22(14-27(26)37-3)31-28(35)24-16-33(32-25(24)17-34)23-11-8-21(30)9-12-23/h8-14,16,19-20,34,36H,6-7,15,17-18H2,1-5H3,(H,31,35)/t20-/m0/s1. The van der Waals surface area contributed by atoms with Crippen molar-refractivity contribution in [2.75, 3.05) is 19.0 Å². The number of hydrogen-bond donors (Lipinski definition) is 3. The van der Waals surface area contributed by atoms with Gasteiger partial charge in [-0.1, -0.05) is 25.4 Å². The van der Waals surface area contributed by atoms with Gasteiger partial charge in [-0.05, 0) is 85.6 Å². The summed E-state index contributed by atoms with van der Waals surface area (Å²) in [6.07, 6.45) is 4.89. The molecule has 1 aromatic heterocycles. The fourth-order valence-electron chi connectivity index (χ4n) is 4.54. The molecule has 1 atom stereocenters. The van der Waals surface area contributed by atoms with E-state index in [1.165, 1.54) is 17.5 Å². The minimum absolute atomic E-state index is 0.114. The molecule has 0 aliphatic heterocycles. The Labute approximate surface area is 236 Å². The molecule has 1 saturated carbocycles. The van der Waals surface area contributed by atoms with E-state index >= 15 is 0 Å². The summed E-state index contributed by atoms with van der Waals surface area (Å²) in [5.41, 5.74) is 1.77. The highest BCUT2D eigenvalue weighted by Crippen LogP contribution is 2.48. The molecule has 0 spiro atoms. The third-order valence-corrected chi connectivity index (χ3v) is 11.6. The number of hydrogen-bond acceptors (Lipinski definition) is 6. The Kier molecular flexibility index (Phi) is 8.75. The summed E-state index contributed by atoms with van der Waals surface area (Å²) in [4.78, 5) is 23.9. The van der Waals surface area contributed by atoms with E-state index in [4.69, 9.17) is 21.1 Å². The van der Waals surface area contributed by atoms with Crippen molar-refractivity contribution in [2.24, 2.45) is 11.8 Å². The summed E-state index contributed by atoms with van der Waals surface area (Å²) in [7, 11) is -0.753. The normalized spacial score (nSPS) is 14.7. The van der Waals surface area contributed by atoms with Crippen molar-refractivity contribution in [1.29, 1.82) is 0 Å². The number of rotatable bonds is 12. The lowest BCUT2D eigenvalue weighted by atomic mass is 9.92. The maximum absolute atomic E-state index is 13.1. The summed E-state index contributed by atoms with van der Waals surface area (Å²) in [5.74, 6) is 1.70. The number of halogens is 1. The van der Waals surface area contributed by atoms with Crippen molar-refractivity contribution >= 4 is 31.5 Å². The molecule has 8 nitrogen and oxygen atoms in total. The Morgan fingerprint density at radius 2 is 1.90 bits per heavy atom. The molecular weight excluding hydrogens is 534 g/mol. The molecule has 1 amide bonds. The predicted octanol–water partition coefficient (Wildman–Crippen LogP) is 6.05. The van der Waals surface area contributed by atoms with Crippen molar-refractivity contribution in [3.63, 3.8) is 0 Å². The average Bonchev–Trinajstić information content (AvgIpc) is 3.64. The third-order valence-electron chi connectivity index (χ3n) is 7.87. The van der Waals surface area contributed by atoms with Crippen LogP contribution in [0.25, 0.3) is 5.69 Å². The van der Waals surface area contributed by atoms with E-state index in [0.717, 1.165) is 6.42 Å². The van der Waals surface area contributed by atoms with Crippen molar-refractivity contribution in [3.05, 3.63) is 64.9 Å². The van der Waals surface area contributed by atoms with Crippen molar-refractivity contribution in [3.8, 4) is 17.2 Å². The number of carbonyl (C=O) groups excluding carboxylic acids is 1. The van der Waals surface area contributed by atoms with Gasteiger partial charge in [0.2, 0.25) is 0 Å². The van der Waals surface area contributed by atoms with E-state index in [2.05, 4.69) is 24.3 Å². The van der Waals surface area contributed by atoms with Crippen LogP contribution in [0.4, 0.5) is 5.69 Å². The van der Waals surface area contributed by atoms with E-state index in [0.29, 0.717) is 46.3 Å². The van der Waals surface area contributed by atoms with E-state index in [-0.39, 0.29) is 22.9 Å². The quantitative estimate of drug-likeness (QED) is 0.228. The van der Waals surface area contributed by atoms with Crippen LogP contribution in [0.15, 0.2) is 48.7 Å². The molecule has 3 N–H and O–H groups in total. The topological polar surface area (TPSA) is 106 Å². The molecule has 1 aliphatic rings. The first-order valence-corrected chi connectivity index (χ1v) is 16.5. The molecule has 0 radical (unpaired) electrons. The first kappa shape index (κ1) is 29.1. The molecule has 3 aromatic rings. The molecule has 39 heavy (non-hydrogen) atoms. The average molecular weight is 572 g/mol. The number of aromatic nitrogens is 2. The summed E-state index contributed by atoms with van der Waals surface area (Å²) < 4.78 is 13.3. The molecule has 1 aliphatic carbocycles. The van der Waals surface area contributed by atoms with Gasteiger partial charge in [0.1, 0.15) is 5.69 Å². The van der Waals surface area contributed by atoms with Gasteiger partial charge in [0.25, 0.3) is 5.91 Å². The number of aliphatic hydroxyl groups excluding tert-OH is 1. The zero-order chi connectivity index (χ0) is 28.4. The lowest BCUT2D eigenvalue weighted by Crippen LogP contribution is -2.41. The fraction of sp³-hybridized carbons (Fsp3) is 0.448. The van der Waals surface area contributed by atoms with Crippen molar-refractivity contribution in [2.45, 2.75) is 57.8 Å². The summed E-state index contributed by atoms with van der Waals surface area (Å²) in [6, 6.07) is 12.3. The van der Waals surface area contributed by atoms with Crippen molar-refractivity contribution in [1.82, 2.24) is 9.78 Å². The molecule has 2 aromatic carbocycles. The van der Waals surface area contributed by atoms with Gasteiger partial charge in [-0.2, -0.15) is 5.10 Å². The molecule has 0 unspecified atom stereocenters. The maximum atomic E-state index is 13.1. The summed E-state index contributed by atoms with van der Waals surface area (Å²) in [6.45, 7) is 8.49. The van der Waals surface area contributed by atoms with Crippen LogP contribution < -0.4 is 14.8 Å². The second-order valence-corrected chi connectivity index (χ2v) is 16.4. The highest BCUT2D eigenvalue weighted by Gasteiger charge is 2.43. The molecule has 0 saturated heterocycles. The SMILES string of the molecule is COc1cc(NC(=O)c2cn(-c3ccc(Cl)cc3)nc2CO)ccc1OC[C@H](CC(C)(C)[Si](C)(C)O)C1CC1. The van der Waals surface area contributed by atoms with Gasteiger partial charge in [-0.15, -0.1) is 0 Å². The maximum Gasteiger partial charge on any atom is 0.259 e. The highest BCUT2D eigenvalue weighted by atomic mass is 35.5. The number of nitrogens with zero attached hydrogens (tertiary/aromatic N) is 2. The van der Waals surface area contributed by atoms with Gasteiger partial charge in [-0.3, -0.25) is 4.79 Å². The van der Waals surface area contributed by atoms with Crippen LogP contribution in [-0.2, 0) is 6.61 Å². The Hall–Kier alpha value is -2.85. The molecular formula is C29H38ClN3O5Si. The summed E-state index contributed by atoms with van der Waals surface area (Å²) >= 11 is 5.97. The Balaban J connectivity index is 1.45. The highest BCUT2D eigenvalue weighted by molar-refractivity contribution is 6.72. The first-order valence-electron chi connectivity index (χ1n) is 13.2. The number of nitrogens with one attached hydrogen (secondary N) is 1. The first-order chi connectivity index (χ1) is 18.4. The number of methoxy groups -OCH3 is 1. The van der Waals surface area contributed by atoms with Crippen LogP contribution in [-0.4, -0.2) is 47.6 Å². The predicted molar refractivity (Wildman–Crippen MR) is 156 cm³/mol. The van der Waals surface area contributed by atoms with Gasteiger partial charge in [0.05, 0.1) is 31.6 Å². The Morgan fingerprint density at radius 1 is 1.21 bits per heavy atom. The second-order valence-electron chi connectivity index (χ2n) is 11.4. The largest absolute Gasteiger partial charge is 0.493 e. The smallest absolute Gasteiger partial charge is 0.259 e. The minimum atomic E-state index is -2.32. The van der Waals surface area contributed by atoms with Crippen LogP contribution in [0.5, 0.6) is 11.5 Å². The van der Waals surface area contributed by atoms with E-state index in [1.807, 2.05) is 13.1 Å². The number of benzene rings is 2. The van der Waals surface area contributed by atoms with Crippen LogP contribution in [0, 0.1) is 11.8 Å². The molecule has 210 valence electrons. The number of anilines is 1. The molecule has 1 heterocycles. The van der Waals surface area contributed by atoms with E-state index < -0.39 is 14.2 Å². The molecule has 0 bridgehead atoms. The minimum Gasteiger partial charge on any atom is -0.493 e. The van der Waals surface area contributed by atoms with Gasteiger partial charge >= 0.3 is 0 Å². The number of aliphatic hydroxyl groups is 1. The monoisotopic (exact) mass is 571 g/mol. The van der Waals surface area contributed by atoms with E-state index in [1.54, 1.807) is 55.8 Å². The van der Waals surface area contributed by atoms with Crippen LogP contribution >= 0.6 is 11.6 Å². The molecule has 1 fully saturated rings. The Morgan fingerprint density at radius 3 is 2.49 bits per heavy atom. The van der Waals surface area contributed by atoms with Crippen LogP contribution in [0.1, 0.15) is 49.2 Å². The van der Waals surface area contributed by atoms with Crippen LogP contribution in [0.3, 0.4) is 0 Å². The van der Waals surface area contributed by atoms with E-state index in [9.17, 15) is 14.7 Å². The van der Waals surface area contributed by atoms with Crippen LogP contribution in [0.2, 0.25) is 23.2 Å². The summed E-state index contributed by atoms with van der Waals surface area (Å²) in [5, 5.41) is 17.5. The fourth-order valence-corrected chi connectivity index (χ4v) is 5.42.